The molecule has 1 unspecified atom stereocenters. The molecule has 2 rings (SSSR count). The molecule has 0 saturated heterocycles. The molecule has 1 aromatic carbocycles. The van der Waals surface area contributed by atoms with E-state index in [0.717, 1.165) is 18.4 Å². The van der Waals surface area contributed by atoms with E-state index in [-0.39, 0.29) is 11.3 Å². The van der Waals surface area contributed by atoms with E-state index in [0.29, 0.717) is 17.6 Å². The lowest BCUT2D eigenvalue weighted by atomic mass is 10.1. The van der Waals surface area contributed by atoms with Gasteiger partial charge in [0, 0.05) is 24.3 Å². The van der Waals surface area contributed by atoms with Crippen LogP contribution >= 0.6 is 11.6 Å². The monoisotopic (exact) mass is 277 g/mol. The predicted octanol–water partition coefficient (Wildman–Crippen LogP) is 2.77. The lowest BCUT2D eigenvalue weighted by Crippen LogP contribution is -2.25. The quantitative estimate of drug-likeness (QED) is 0.675. The number of para-hydroxylation sites is 1. The molecular weight excluding hydrogens is 262 g/mol. The summed E-state index contributed by atoms with van der Waals surface area (Å²) in [7, 11) is 0. The number of carbonyl (C=O) groups is 1. The largest absolute Gasteiger partial charge is 0.352 e. The van der Waals surface area contributed by atoms with Crippen LogP contribution in [0.25, 0.3) is 11.0 Å². The highest BCUT2D eigenvalue weighted by molar-refractivity contribution is 6.20. The van der Waals surface area contributed by atoms with Crippen molar-refractivity contribution >= 4 is 28.5 Å². The summed E-state index contributed by atoms with van der Waals surface area (Å²) < 4.78 is 0. The number of aromatic nitrogens is 2. The van der Waals surface area contributed by atoms with Crippen LogP contribution in [0.4, 0.5) is 0 Å². The first-order valence-corrected chi connectivity index (χ1v) is 6.74. The number of hydrogen-bond acceptors (Lipinski definition) is 3. The van der Waals surface area contributed by atoms with Crippen LogP contribution in [0.2, 0.25) is 0 Å². The number of benzene rings is 1. The molecule has 1 aromatic heterocycles. The maximum atomic E-state index is 12.1. The lowest BCUT2D eigenvalue weighted by Gasteiger charge is -2.07. The Bertz CT molecular complexity index is 566. The van der Waals surface area contributed by atoms with Crippen molar-refractivity contribution in [2.75, 3.05) is 6.54 Å². The number of amides is 1. The van der Waals surface area contributed by atoms with Gasteiger partial charge in [-0.05, 0) is 31.9 Å². The van der Waals surface area contributed by atoms with Gasteiger partial charge in [0.1, 0.15) is 5.52 Å². The van der Waals surface area contributed by atoms with Crippen molar-refractivity contribution in [3.05, 3.63) is 36.2 Å². The fourth-order valence-corrected chi connectivity index (χ4v) is 2.01. The maximum absolute atomic E-state index is 12.1. The standard InChI is InChI=1S/C14H16ClN3O/c1-10(15)4-3-7-18-14(19)11-5-2-6-12-13(11)17-9-8-16-12/h2,5-6,8-10H,3-4,7H2,1H3,(H,18,19). The van der Waals surface area contributed by atoms with Gasteiger partial charge in [-0.1, -0.05) is 6.07 Å². The molecule has 0 aliphatic heterocycles. The molecule has 100 valence electrons. The Balaban J connectivity index is 2.05. The molecule has 5 heteroatoms. The molecule has 4 nitrogen and oxygen atoms in total. The fraction of sp³-hybridized carbons (Fsp3) is 0.357. The van der Waals surface area contributed by atoms with Crippen LogP contribution in [-0.4, -0.2) is 27.8 Å². The number of nitrogens with zero attached hydrogens (tertiary/aromatic N) is 2. The van der Waals surface area contributed by atoms with Crippen LogP contribution in [-0.2, 0) is 0 Å². The summed E-state index contributed by atoms with van der Waals surface area (Å²) in [6.07, 6.45) is 4.96. The van der Waals surface area contributed by atoms with Gasteiger partial charge < -0.3 is 5.32 Å². The second-order valence-electron chi connectivity index (χ2n) is 4.41. The number of alkyl halides is 1. The first-order valence-electron chi connectivity index (χ1n) is 6.30. The summed E-state index contributed by atoms with van der Waals surface area (Å²) in [6, 6.07) is 5.41. The van der Waals surface area contributed by atoms with Crippen molar-refractivity contribution in [1.82, 2.24) is 15.3 Å². The van der Waals surface area contributed by atoms with Gasteiger partial charge >= 0.3 is 0 Å². The summed E-state index contributed by atoms with van der Waals surface area (Å²) in [5, 5.41) is 3.02. The van der Waals surface area contributed by atoms with Crippen molar-refractivity contribution in [2.24, 2.45) is 0 Å². The van der Waals surface area contributed by atoms with Gasteiger partial charge in [-0.2, -0.15) is 0 Å². The van der Waals surface area contributed by atoms with Crippen LogP contribution in [0.3, 0.4) is 0 Å². The fourth-order valence-electron chi connectivity index (χ4n) is 1.86. The molecule has 0 aliphatic rings. The predicted molar refractivity (Wildman–Crippen MR) is 76.4 cm³/mol. The van der Waals surface area contributed by atoms with Crippen molar-refractivity contribution < 1.29 is 4.79 Å². The van der Waals surface area contributed by atoms with Gasteiger partial charge in [0.05, 0.1) is 11.1 Å². The minimum Gasteiger partial charge on any atom is -0.352 e. The van der Waals surface area contributed by atoms with Crippen LogP contribution < -0.4 is 5.32 Å². The summed E-state index contributed by atoms with van der Waals surface area (Å²) in [4.78, 5) is 20.5. The van der Waals surface area contributed by atoms with Crippen molar-refractivity contribution in [3.8, 4) is 0 Å². The van der Waals surface area contributed by atoms with Crippen molar-refractivity contribution in [1.29, 1.82) is 0 Å². The number of hydrogen-bond donors (Lipinski definition) is 1. The Morgan fingerprint density at radius 1 is 1.37 bits per heavy atom. The molecule has 19 heavy (non-hydrogen) atoms. The Kier molecular flexibility index (Phi) is 4.68. The van der Waals surface area contributed by atoms with Gasteiger partial charge in [0.25, 0.3) is 5.91 Å². The summed E-state index contributed by atoms with van der Waals surface area (Å²) >= 11 is 5.86. The SMILES string of the molecule is CC(Cl)CCCNC(=O)c1cccc2nccnc12. The van der Waals surface area contributed by atoms with E-state index in [1.807, 2.05) is 19.1 Å². The molecule has 0 aliphatic carbocycles. The summed E-state index contributed by atoms with van der Waals surface area (Å²) in [5.41, 5.74) is 1.92. The zero-order valence-electron chi connectivity index (χ0n) is 10.8. The topological polar surface area (TPSA) is 54.9 Å². The van der Waals surface area contributed by atoms with Gasteiger partial charge in [-0.15, -0.1) is 11.6 Å². The highest BCUT2D eigenvalue weighted by Gasteiger charge is 2.10. The number of halogens is 1. The van der Waals surface area contributed by atoms with E-state index in [1.165, 1.54) is 0 Å². The summed E-state index contributed by atoms with van der Waals surface area (Å²) in [5.74, 6) is -0.117. The number of rotatable bonds is 5. The molecule has 0 bridgehead atoms. The molecule has 1 heterocycles. The van der Waals surface area contributed by atoms with Crippen molar-refractivity contribution in [2.45, 2.75) is 25.1 Å². The Morgan fingerprint density at radius 3 is 2.95 bits per heavy atom. The first-order chi connectivity index (χ1) is 9.18. The molecule has 1 amide bonds. The third kappa shape index (κ3) is 3.64. The van der Waals surface area contributed by atoms with Gasteiger partial charge in [0.15, 0.2) is 0 Å². The average Bonchev–Trinajstić information content (AvgIpc) is 2.42. The Morgan fingerprint density at radius 2 is 2.16 bits per heavy atom. The van der Waals surface area contributed by atoms with E-state index in [1.54, 1.807) is 18.5 Å². The van der Waals surface area contributed by atoms with Crippen LogP contribution in [0.15, 0.2) is 30.6 Å². The second kappa shape index (κ2) is 6.48. The molecular formula is C14H16ClN3O. The van der Waals surface area contributed by atoms with E-state index in [2.05, 4.69) is 15.3 Å². The molecule has 0 saturated carbocycles. The Labute approximate surface area is 117 Å². The Hall–Kier alpha value is -1.68. The number of fused-ring (bicyclic) bond motifs is 1. The molecule has 0 spiro atoms. The third-order valence-electron chi connectivity index (χ3n) is 2.81. The highest BCUT2D eigenvalue weighted by Crippen LogP contribution is 2.13. The lowest BCUT2D eigenvalue weighted by molar-refractivity contribution is 0.0954. The van der Waals surface area contributed by atoms with Crippen LogP contribution in [0.1, 0.15) is 30.1 Å². The number of carbonyl (C=O) groups excluding carboxylic acids is 1. The maximum Gasteiger partial charge on any atom is 0.253 e. The van der Waals surface area contributed by atoms with Crippen molar-refractivity contribution in [3.63, 3.8) is 0 Å². The van der Waals surface area contributed by atoms with Gasteiger partial charge in [0.2, 0.25) is 0 Å². The minimum atomic E-state index is -0.117. The van der Waals surface area contributed by atoms with Crippen LogP contribution in [0.5, 0.6) is 0 Å². The zero-order chi connectivity index (χ0) is 13.7. The second-order valence-corrected chi connectivity index (χ2v) is 5.15. The molecule has 0 fully saturated rings. The number of nitrogens with one attached hydrogen (secondary N) is 1. The van der Waals surface area contributed by atoms with Gasteiger partial charge in [-0.25, -0.2) is 0 Å². The zero-order valence-corrected chi connectivity index (χ0v) is 11.5. The smallest absolute Gasteiger partial charge is 0.253 e. The highest BCUT2D eigenvalue weighted by atomic mass is 35.5. The van der Waals surface area contributed by atoms with E-state index in [4.69, 9.17) is 11.6 Å². The normalized spacial score (nSPS) is 12.3. The average molecular weight is 278 g/mol. The summed E-state index contributed by atoms with van der Waals surface area (Å²) in [6.45, 7) is 2.57. The third-order valence-corrected chi connectivity index (χ3v) is 3.03. The van der Waals surface area contributed by atoms with E-state index >= 15 is 0 Å². The van der Waals surface area contributed by atoms with E-state index < -0.39 is 0 Å². The molecule has 2 aromatic rings. The molecule has 1 atom stereocenters. The molecule has 0 radical (unpaired) electrons. The van der Waals surface area contributed by atoms with E-state index in [9.17, 15) is 4.79 Å². The van der Waals surface area contributed by atoms with Crippen LogP contribution in [0, 0.1) is 0 Å². The first kappa shape index (κ1) is 13.7. The minimum absolute atomic E-state index is 0.117. The van der Waals surface area contributed by atoms with Gasteiger partial charge in [-0.3, -0.25) is 14.8 Å². The molecule has 1 N–H and O–H groups in total.